The highest BCUT2D eigenvalue weighted by molar-refractivity contribution is 6.32. The van der Waals surface area contributed by atoms with Crippen LogP contribution in [0, 0.1) is 0 Å². The lowest BCUT2D eigenvalue weighted by Crippen LogP contribution is -2.56. The average Bonchev–Trinajstić information content (AvgIpc) is 3.01. The fourth-order valence-corrected chi connectivity index (χ4v) is 3.22. The number of anilines is 1. The Hall–Kier alpha value is -1.63. The van der Waals surface area contributed by atoms with Gasteiger partial charge in [0.1, 0.15) is 12.1 Å². The van der Waals surface area contributed by atoms with E-state index in [1.54, 1.807) is 12.5 Å². The van der Waals surface area contributed by atoms with Gasteiger partial charge in [0.2, 0.25) is 0 Å². The number of pyridine rings is 1. The van der Waals surface area contributed by atoms with Crippen LogP contribution in [0.3, 0.4) is 0 Å². The number of piperazine rings is 1. The minimum atomic E-state index is 0.548. The SMILES string of the molecule is Clc1nc(-n2ccnc2)ccc1N1CCN(C2COC2)CC1. The number of hydrogen-bond acceptors (Lipinski definition) is 5. The first kappa shape index (κ1) is 14.0. The Morgan fingerprint density at radius 2 is 1.95 bits per heavy atom. The van der Waals surface area contributed by atoms with E-state index in [1.165, 1.54) is 0 Å². The summed E-state index contributed by atoms with van der Waals surface area (Å²) in [7, 11) is 0. The van der Waals surface area contributed by atoms with E-state index in [0.717, 1.165) is 50.9 Å². The largest absolute Gasteiger partial charge is 0.378 e. The summed E-state index contributed by atoms with van der Waals surface area (Å²) >= 11 is 6.40. The molecule has 2 aromatic rings. The molecule has 2 fully saturated rings. The van der Waals surface area contributed by atoms with Gasteiger partial charge in [-0.3, -0.25) is 9.47 Å². The highest BCUT2D eigenvalue weighted by Gasteiger charge is 2.29. The Balaban J connectivity index is 1.46. The molecule has 0 bridgehead atoms. The summed E-state index contributed by atoms with van der Waals surface area (Å²) in [4.78, 5) is 13.3. The zero-order valence-corrected chi connectivity index (χ0v) is 13.0. The Morgan fingerprint density at radius 3 is 2.55 bits per heavy atom. The molecule has 0 aliphatic carbocycles. The highest BCUT2D eigenvalue weighted by atomic mass is 35.5. The quantitative estimate of drug-likeness (QED) is 0.801. The van der Waals surface area contributed by atoms with Gasteiger partial charge in [-0.1, -0.05) is 11.6 Å². The molecule has 0 amide bonds. The minimum Gasteiger partial charge on any atom is -0.378 e. The van der Waals surface area contributed by atoms with Crippen molar-refractivity contribution in [1.82, 2.24) is 19.4 Å². The Labute approximate surface area is 134 Å². The summed E-state index contributed by atoms with van der Waals surface area (Å²) in [5.41, 5.74) is 1.01. The maximum Gasteiger partial charge on any atom is 0.154 e. The van der Waals surface area contributed by atoms with Gasteiger partial charge >= 0.3 is 0 Å². The van der Waals surface area contributed by atoms with Crippen LogP contribution in [0.15, 0.2) is 30.9 Å². The number of aromatic nitrogens is 3. The van der Waals surface area contributed by atoms with Gasteiger partial charge in [-0.15, -0.1) is 0 Å². The third-order valence-corrected chi connectivity index (χ3v) is 4.65. The smallest absolute Gasteiger partial charge is 0.154 e. The summed E-state index contributed by atoms with van der Waals surface area (Å²) in [6.45, 7) is 5.80. The molecule has 2 aliphatic heterocycles. The Morgan fingerprint density at radius 1 is 1.14 bits per heavy atom. The molecule has 2 aliphatic rings. The van der Waals surface area contributed by atoms with E-state index in [1.807, 2.05) is 22.9 Å². The van der Waals surface area contributed by atoms with Crippen molar-refractivity contribution >= 4 is 17.3 Å². The number of nitrogens with zero attached hydrogens (tertiary/aromatic N) is 5. The molecule has 0 saturated carbocycles. The molecule has 0 aromatic carbocycles. The molecule has 4 heterocycles. The average molecular weight is 320 g/mol. The van der Waals surface area contributed by atoms with E-state index >= 15 is 0 Å². The van der Waals surface area contributed by atoms with Gasteiger partial charge in [-0.05, 0) is 12.1 Å². The van der Waals surface area contributed by atoms with Crippen molar-refractivity contribution in [3.8, 4) is 5.82 Å². The number of rotatable bonds is 3. The van der Waals surface area contributed by atoms with Crippen LogP contribution >= 0.6 is 11.6 Å². The molecule has 7 heteroatoms. The highest BCUT2D eigenvalue weighted by Crippen LogP contribution is 2.27. The lowest BCUT2D eigenvalue weighted by molar-refractivity contribution is -0.0660. The van der Waals surface area contributed by atoms with Gasteiger partial charge in [0.25, 0.3) is 0 Å². The van der Waals surface area contributed by atoms with Crippen molar-refractivity contribution in [2.24, 2.45) is 0 Å². The predicted octanol–water partition coefficient (Wildman–Crippen LogP) is 1.44. The van der Waals surface area contributed by atoms with Crippen molar-refractivity contribution in [1.29, 1.82) is 0 Å². The van der Waals surface area contributed by atoms with Crippen LogP contribution in [0.4, 0.5) is 5.69 Å². The zero-order valence-electron chi connectivity index (χ0n) is 12.2. The summed E-state index contributed by atoms with van der Waals surface area (Å²) in [5, 5.41) is 0.548. The standard InChI is InChI=1S/C15H18ClN5O/c16-15-13(1-2-14(18-15)21-4-3-17-11-21)20-7-5-19(6-8-20)12-9-22-10-12/h1-4,11-12H,5-10H2. The van der Waals surface area contributed by atoms with Gasteiger partial charge in [-0.25, -0.2) is 9.97 Å². The molecule has 6 nitrogen and oxygen atoms in total. The molecule has 0 radical (unpaired) electrons. The number of hydrogen-bond donors (Lipinski definition) is 0. The summed E-state index contributed by atoms with van der Waals surface area (Å²) in [6.07, 6.45) is 5.31. The summed E-state index contributed by atoms with van der Waals surface area (Å²) in [6, 6.07) is 4.64. The molecule has 0 unspecified atom stereocenters. The van der Waals surface area contributed by atoms with E-state index in [4.69, 9.17) is 16.3 Å². The van der Waals surface area contributed by atoms with Crippen molar-refractivity contribution in [3.05, 3.63) is 36.0 Å². The first-order valence-corrected chi connectivity index (χ1v) is 7.91. The lowest BCUT2D eigenvalue weighted by Gasteiger charge is -2.43. The Bertz CT molecular complexity index is 635. The fourth-order valence-electron chi connectivity index (χ4n) is 2.95. The summed E-state index contributed by atoms with van der Waals surface area (Å²) in [5.74, 6) is 0.788. The molecule has 0 atom stereocenters. The number of halogens is 1. The third kappa shape index (κ3) is 2.58. The van der Waals surface area contributed by atoms with Crippen molar-refractivity contribution < 1.29 is 4.74 Å². The lowest BCUT2D eigenvalue weighted by atomic mass is 10.2. The fraction of sp³-hybridized carbons (Fsp3) is 0.467. The van der Waals surface area contributed by atoms with Gasteiger partial charge in [0, 0.05) is 38.6 Å². The molecule has 4 rings (SSSR count). The van der Waals surface area contributed by atoms with Gasteiger partial charge in [-0.2, -0.15) is 0 Å². The molecule has 0 spiro atoms. The normalized spacial score (nSPS) is 20.1. The number of imidazole rings is 1. The van der Waals surface area contributed by atoms with E-state index < -0.39 is 0 Å². The molecular formula is C15H18ClN5O. The first-order chi connectivity index (χ1) is 10.8. The maximum absolute atomic E-state index is 6.40. The molecule has 2 saturated heterocycles. The third-order valence-electron chi connectivity index (χ3n) is 4.38. The van der Waals surface area contributed by atoms with E-state index in [9.17, 15) is 0 Å². The number of ether oxygens (including phenoxy) is 1. The molecule has 116 valence electrons. The van der Waals surface area contributed by atoms with E-state index in [-0.39, 0.29) is 0 Å². The monoisotopic (exact) mass is 319 g/mol. The van der Waals surface area contributed by atoms with E-state index in [2.05, 4.69) is 19.8 Å². The first-order valence-electron chi connectivity index (χ1n) is 7.53. The van der Waals surface area contributed by atoms with Gasteiger partial charge in [0.15, 0.2) is 5.15 Å². The molecular weight excluding hydrogens is 302 g/mol. The minimum absolute atomic E-state index is 0.548. The van der Waals surface area contributed by atoms with Crippen LogP contribution in [-0.4, -0.2) is 64.9 Å². The predicted molar refractivity (Wildman–Crippen MR) is 84.8 cm³/mol. The summed E-state index contributed by atoms with van der Waals surface area (Å²) < 4.78 is 7.12. The van der Waals surface area contributed by atoms with Crippen molar-refractivity contribution in [2.75, 3.05) is 44.3 Å². The van der Waals surface area contributed by atoms with Crippen LogP contribution in [-0.2, 0) is 4.74 Å². The van der Waals surface area contributed by atoms with Crippen LogP contribution in [0.25, 0.3) is 5.82 Å². The topological polar surface area (TPSA) is 46.4 Å². The van der Waals surface area contributed by atoms with Gasteiger partial charge in [0.05, 0.1) is 24.9 Å². The van der Waals surface area contributed by atoms with Crippen LogP contribution in [0.5, 0.6) is 0 Å². The molecule has 0 N–H and O–H groups in total. The van der Waals surface area contributed by atoms with Crippen molar-refractivity contribution in [2.45, 2.75) is 6.04 Å². The Kier molecular flexibility index (Phi) is 3.73. The van der Waals surface area contributed by atoms with E-state index in [0.29, 0.717) is 11.2 Å². The molecule has 2 aromatic heterocycles. The second kappa shape index (κ2) is 5.87. The molecule has 22 heavy (non-hydrogen) atoms. The van der Waals surface area contributed by atoms with Crippen molar-refractivity contribution in [3.63, 3.8) is 0 Å². The van der Waals surface area contributed by atoms with Crippen LogP contribution in [0.2, 0.25) is 5.15 Å². The maximum atomic E-state index is 6.40. The van der Waals surface area contributed by atoms with Crippen LogP contribution < -0.4 is 4.90 Å². The van der Waals surface area contributed by atoms with Gasteiger partial charge < -0.3 is 9.64 Å². The van der Waals surface area contributed by atoms with Crippen LogP contribution in [0.1, 0.15) is 0 Å². The second-order valence-corrected chi connectivity index (χ2v) is 6.02. The second-order valence-electron chi connectivity index (χ2n) is 5.66. The zero-order chi connectivity index (χ0) is 14.9.